The van der Waals surface area contributed by atoms with Gasteiger partial charge in [-0.25, -0.2) is 0 Å². The number of benzene rings is 1. The number of carbonyl (C=O) groups is 2. The van der Waals surface area contributed by atoms with Gasteiger partial charge in [-0.2, -0.15) is 0 Å². The van der Waals surface area contributed by atoms with Crippen LogP contribution in [0, 0.1) is 15.5 Å². The fourth-order valence-corrected chi connectivity index (χ4v) is 2.94. The van der Waals surface area contributed by atoms with Gasteiger partial charge in [-0.1, -0.05) is 42.0 Å². The Morgan fingerprint density at radius 3 is 2.04 bits per heavy atom. The van der Waals surface area contributed by atoms with Gasteiger partial charge < -0.3 is 9.47 Å². The van der Waals surface area contributed by atoms with Gasteiger partial charge in [0.2, 0.25) is 6.54 Å². The lowest BCUT2D eigenvalue weighted by molar-refractivity contribution is -0.485. The third-order valence-corrected chi connectivity index (χ3v) is 4.24. The van der Waals surface area contributed by atoms with Gasteiger partial charge in [-0.05, 0) is 39.7 Å². The van der Waals surface area contributed by atoms with Gasteiger partial charge in [0.25, 0.3) is 0 Å². The monoisotopic (exact) mass is 377 g/mol. The third-order valence-electron chi connectivity index (χ3n) is 4.24. The van der Waals surface area contributed by atoms with E-state index in [9.17, 15) is 19.7 Å². The van der Waals surface area contributed by atoms with E-state index in [1.165, 1.54) is 0 Å². The molecule has 0 aliphatic heterocycles. The second-order valence-electron chi connectivity index (χ2n) is 6.38. The summed E-state index contributed by atoms with van der Waals surface area (Å²) in [5.41, 5.74) is -0.448. The molecule has 148 valence electrons. The smallest absolute Gasteiger partial charge is 0.324 e. The number of allylic oxidation sites excluding steroid dienone is 2. The Morgan fingerprint density at radius 2 is 1.63 bits per heavy atom. The van der Waals surface area contributed by atoms with Crippen molar-refractivity contribution >= 4 is 11.9 Å². The molecule has 0 heterocycles. The first-order chi connectivity index (χ1) is 12.8. The lowest BCUT2D eigenvalue weighted by Gasteiger charge is -2.34. The Hall–Kier alpha value is -2.70. The number of esters is 2. The van der Waals surface area contributed by atoms with Crippen LogP contribution in [0.2, 0.25) is 0 Å². The molecular weight excluding hydrogens is 350 g/mol. The minimum atomic E-state index is -1.84. The number of nitro groups is 1. The Morgan fingerprint density at radius 1 is 1.11 bits per heavy atom. The summed E-state index contributed by atoms with van der Waals surface area (Å²) in [7, 11) is 0. The quantitative estimate of drug-likeness (QED) is 0.203. The third kappa shape index (κ3) is 5.64. The number of hydrogen-bond acceptors (Lipinski definition) is 6. The molecule has 1 aromatic rings. The first kappa shape index (κ1) is 22.3. The van der Waals surface area contributed by atoms with E-state index in [-0.39, 0.29) is 19.6 Å². The fourth-order valence-electron chi connectivity index (χ4n) is 2.94. The van der Waals surface area contributed by atoms with E-state index in [0.29, 0.717) is 5.56 Å². The molecule has 0 radical (unpaired) electrons. The Kier molecular flexibility index (Phi) is 8.65. The largest absolute Gasteiger partial charge is 0.465 e. The van der Waals surface area contributed by atoms with Crippen molar-refractivity contribution in [3.8, 4) is 0 Å². The predicted octanol–water partition coefficient (Wildman–Crippen LogP) is 3.52. The fraction of sp³-hybridized carbons (Fsp3) is 0.500. The first-order valence-electron chi connectivity index (χ1n) is 8.94. The van der Waals surface area contributed by atoms with Gasteiger partial charge in [0.1, 0.15) is 0 Å². The molecule has 7 heteroatoms. The van der Waals surface area contributed by atoms with Crippen molar-refractivity contribution in [1.82, 2.24) is 0 Å². The van der Waals surface area contributed by atoms with Crippen LogP contribution in [-0.4, -0.2) is 36.6 Å². The van der Waals surface area contributed by atoms with Crippen LogP contribution in [0.5, 0.6) is 0 Å². The zero-order chi connectivity index (χ0) is 20.4. The van der Waals surface area contributed by atoms with E-state index in [0.717, 1.165) is 5.57 Å². The molecule has 0 amide bonds. The highest BCUT2D eigenvalue weighted by Gasteiger charge is 2.56. The number of nitrogens with zero attached hydrogens (tertiary/aromatic N) is 1. The van der Waals surface area contributed by atoms with Gasteiger partial charge in [0.15, 0.2) is 5.41 Å². The normalized spacial score (nSPS) is 12.0. The van der Waals surface area contributed by atoms with E-state index in [2.05, 4.69) is 0 Å². The Labute approximate surface area is 159 Å². The second kappa shape index (κ2) is 10.4. The van der Waals surface area contributed by atoms with Crippen LogP contribution in [0.3, 0.4) is 0 Å². The zero-order valence-corrected chi connectivity index (χ0v) is 16.3. The van der Waals surface area contributed by atoms with Crippen molar-refractivity contribution in [3.05, 3.63) is 57.7 Å². The molecule has 0 saturated carbocycles. The summed E-state index contributed by atoms with van der Waals surface area (Å²) in [6.07, 6.45) is 1.67. The number of hydrogen-bond donors (Lipinski definition) is 0. The summed E-state index contributed by atoms with van der Waals surface area (Å²) < 4.78 is 10.4. The van der Waals surface area contributed by atoms with Crippen molar-refractivity contribution in [2.24, 2.45) is 5.41 Å². The summed E-state index contributed by atoms with van der Waals surface area (Å²) >= 11 is 0. The van der Waals surface area contributed by atoms with E-state index in [1.54, 1.807) is 50.3 Å². The Balaban J connectivity index is 3.69. The molecule has 0 bridgehead atoms. The molecule has 1 rings (SSSR count). The molecular formula is C20H27NO6. The van der Waals surface area contributed by atoms with Crippen molar-refractivity contribution in [1.29, 1.82) is 0 Å². The van der Waals surface area contributed by atoms with Crippen molar-refractivity contribution in [2.75, 3.05) is 19.8 Å². The Bertz CT molecular complexity index is 661. The van der Waals surface area contributed by atoms with E-state index in [1.807, 2.05) is 13.8 Å². The lowest BCUT2D eigenvalue weighted by Crippen LogP contribution is -2.48. The van der Waals surface area contributed by atoms with E-state index < -0.39 is 34.7 Å². The molecule has 0 aliphatic rings. The van der Waals surface area contributed by atoms with Gasteiger partial charge in [0.05, 0.1) is 19.1 Å². The molecule has 0 spiro atoms. The summed E-state index contributed by atoms with van der Waals surface area (Å²) in [5.74, 6) is -2.64. The molecule has 27 heavy (non-hydrogen) atoms. The lowest BCUT2D eigenvalue weighted by atomic mass is 9.69. The standard InChI is InChI=1S/C20H27NO6/c1-5-26-18(22)20(13-12-15(3)4,19(23)27-6-2)17(14-21(24)25)16-10-8-7-9-11-16/h7-12,17H,5-6,13-14H2,1-4H3. The van der Waals surface area contributed by atoms with Crippen LogP contribution in [0.4, 0.5) is 0 Å². The number of carbonyl (C=O) groups excluding carboxylic acids is 2. The molecule has 0 aliphatic carbocycles. The molecule has 0 N–H and O–H groups in total. The topological polar surface area (TPSA) is 95.7 Å². The average molecular weight is 377 g/mol. The van der Waals surface area contributed by atoms with E-state index in [4.69, 9.17) is 9.47 Å². The summed E-state index contributed by atoms with van der Waals surface area (Å²) in [6, 6.07) is 8.53. The van der Waals surface area contributed by atoms with Crippen LogP contribution in [-0.2, 0) is 19.1 Å². The zero-order valence-electron chi connectivity index (χ0n) is 16.3. The maximum atomic E-state index is 13.0. The minimum absolute atomic E-state index is 0.0413. The van der Waals surface area contributed by atoms with Crippen LogP contribution < -0.4 is 0 Å². The van der Waals surface area contributed by atoms with Crippen molar-refractivity contribution in [2.45, 2.75) is 40.0 Å². The van der Waals surface area contributed by atoms with Gasteiger partial charge in [-0.3, -0.25) is 19.7 Å². The SMILES string of the molecule is CCOC(=O)C(CC=C(C)C)(C(=O)OCC)C(C[N+](=O)[O-])c1ccccc1. The maximum absolute atomic E-state index is 13.0. The molecule has 1 atom stereocenters. The number of rotatable bonds is 10. The van der Waals surface area contributed by atoms with Gasteiger partial charge >= 0.3 is 11.9 Å². The van der Waals surface area contributed by atoms with Crippen LogP contribution in [0.25, 0.3) is 0 Å². The maximum Gasteiger partial charge on any atom is 0.324 e. The molecule has 7 nitrogen and oxygen atoms in total. The highest BCUT2D eigenvalue weighted by molar-refractivity contribution is 6.01. The average Bonchev–Trinajstić information content (AvgIpc) is 2.62. The highest BCUT2D eigenvalue weighted by Crippen LogP contribution is 2.43. The summed E-state index contributed by atoms with van der Waals surface area (Å²) in [6.45, 7) is 6.40. The predicted molar refractivity (Wildman–Crippen MR) is 101 cm³/mol. The molecule has 0 fully saturated rings. The first-order valence-corrected chi connectivity index (χ1v) is 8.94. The van der Waals surface area contributed by atoms with Gasteiger partial charge in [-0.15, -0.1) is 0 Å². The minimum Gasteiger partial charge on any atom is -0.465 e. The van der Waals surface area contributed by atoms with Crippen LogP contribution >= 0.6 is 0 Å². The molecule has 1 unspecified atom stereocenters. The van der Waals surface area contributed by atoms with Crippen molar-refractivity contribution < 1.29 is 24.0 Å². The number of ether oxygens (including phenoxy) is 2. The molecule has 1 aromatic carbocycles. The second-order valence-corrected chi connectivity index (χ2v) is 6.38. The van der Waals surface area contributed by atoms with Crippen molar-refractivity contribution in [3.63, 3.8) is 0 Å². The summed E-state index contributed by atoms with van der Waals surface area (Å²) in [4.78, 5) is 36.9. The van der Waals surface area contributed by atoms with Crippen LogP contribution in [0.1, 0.15) is 45.6 Å². The summed E-state index contributed by atoms with van der Waals surface area (Å²) in [5, 5.41) is 11.4. The van der Waals surface area contributed by atoms with Gasteiger partial charge in [0, 0.05) is 4.92 Å². The molecule has 0 aromatic heterocycles. The van der Waals surface area contributed by atoms with Crippen LogP contribution in [0.15, 0.2) is 42.0 Å². The molecule has 0 saturated heterocycles. The van der Waals surface area contributed by atoms with E-state index >= 15 is 0 Å². The highest BCUT2D eigenvalue weighted by atomic mass is 16.6.